The van der Waals surface area contributed by atoms with Gasteiger partial charge in [0.1, 0.15) is 17.3 Å². The number of amides is 1. The van der Waals surface area contributed by atoms with Gasteiger partial charge in [-0.1, -0.05) is 18.9 Å². The number of likely N-dealkylation sites (tertiary alicyclic amines) is 1. The highest BCUT2D eigenvalue weighted by atomic mass is 32.2. The van der Waals surface area contributed by atoms with Gasteiger partial charge >= 0.3 is 0 Å². The molecule has 0 atom stereocenters. The summed E-state index contributed by atoms with van der Waals surface area (Å²) in [6.07, 6.45) is 5.85. The Morgan fingerprint density at radius 1 is 1.22 bits per heavy atom. The molecule has 9 heteroatoms. The molecule has 1 fully saturated rings. The fourth-order valence-electron chi connectivity index (χ4n) is 3.84. The number of hydrogen-bond donors (Lipinski definition) is 1. The van der Waals surface area contributed by atoms with Gasteiger partial charge in [0.15, 0.2) is 9.84 Å². The molecule has 176 valence electrons. The molecule has 1 aliphatic heterocycles. The van der Waals surface area contributed by atoms with Crippen molar-refractivity contribution in [2.24, 2.45) is 0 Å². The number of oxazole rings is 1. The first-order valence-corrected chi connectivity index (χ1v) is 13.0. The van der Waals surface area contributed by atoms with Crippen LogP contribution in [0.3, 0.4) is 0 Å². The molecule has 0 unspecified atom stereocenters. The summed E-state index contributed by atoms with van der Waals surface area (Å²) in [5.74, 6) is 0.0225. The number of carbonyl (C=O) groups excluding carboxylic acids is 1. The monoisotopic (exact) mass is 463 g/mol. The number of ether oxygens (including phenoxy) is 1. The molecule has 1 aliphatic rings. The van der Waals surface area contributed by atoms with E-state index in [1.165, 1.54) is 25.7 Å². The van der Waals surface area contributed by atoms with Crippen molar-refractivity contribution < 1.29 is 22.4 Å². The average Bonchev–Trinajstić information content (AvgIpc) is 2.95. The number of carbonyl (C=O) groups is 1. The van der Waals surface area contributed by atoms with Gasteiger partial charge in [-0.25, -0.2) is 13.4 Å². The Labute approximate surface area is 190 Å². The standard InChI is InChI=1S/C23H33N3O5S/c1-18-21(25-23(31-18)19-9-7-10-20(15-19)30-2)16-32(28,29)17-22(27)24-11-8-14-26-12-5-3-4-6-13-26/h7,9-10,15H,3-6,8,11-14,16-17H2,1-2H3,(H,24,27). The maximum absolute atomic E-state index is 12.6. The van der Waals surface area contributed by atoms with Crippen molar-refractivity contribution in [3.63, 3.8) is 0 Å². The highest BCUT2D eigenvalue weighted by Crippen LogP contribution is 2.26. The SMILES string of the molecule is COc1cccc(-c2nc(CS(=O)(=O)CC(=O)NCCCN3CCCCCC3)c(C)o2)c1. The second-order valence-corrected chi connectivity index (χ2v) is 10.3. The van der Waals surface area contributed by atoms with Gasteiger partial charge in [-0.05, 0) is 64.0 Å². The predicted octanol–water partition coefficient (Wildman–Crippen LogP) is 2.96. The summed E-state index contributed by atoms with van der Waals surface area (Å²) in [5, 5.41) is 2.74. The van der Waals surface area contributed by atoms with E-state index in [2.05, 4.69) is 15.2 Å². The van der Waals surface area contributed by atoms with E-state index in [-0.39, 0.29) is 5.75 Å². The molecule has 2 aromatic rings. The molecule has 1 aromatic carbocycles. The summed E-state index contributed by atoms with van der Waals surface area (Å²) in [7, 11) is -2.10. The second kappa shape index (κ2) is 11.5. The Morgan fingerprint density at radius 2 is 1.97 bits per heavy atom. The molecule has 0 spiro atoms. The number of benzene rings is 1. The van der Waals surface area contributed by atoms with Gasteiger partial charge in [0.05, 0.1) is 18.6 Å². The van der Waals surface area contributed by atoms with E-state index in [1.54, 1.807) is 32.2 Å². The van der Waals surface area contributed by atoms with Gasteiger partial charge < -0.3 is 19.4 Å². The smallest absolute Gasteiger partial charge is 0.235 e. The van der Waals surface area contributed by atoms with E-state index < -0.39 is 21.5 Å². The number of nitrogens with zero attached hydrogens (tertiary/aromatic N) is 2. The van der Waals surface area contributed by atoms with E-state index in [4.69, 9.17) is 9.15 Å². The molecule has 0 bridgehead atoms. The molecule has 1 amide bonds. The van der Waals surface area contributed by atoms with Crippen LogP contribution in [0, 0.1) is 6.92 Å². The Hall–Kier alpha value is -2.39. The van der Waals surface area contributed by atoms with Gasteiger partial charge in [-0.2, -0.15) is 0 Å². The maximum atomic E-state index is 12.6. The van der Waals surface area contributed by atoms with Gasteiger partial charge in [0, 0.05) is 12.1 Å². The molecule has 1 saturated heterocycles. The minimum Gasteiger partial charge on any atom is -0.497 e. The van der Waals surface area contributed by atoms with E-state index in [9.17, 15) is 13.2 Å². The molecule has 8 nitrogen and oxygen atoms in total. The van der Waals surface area contributed by atoms with Gasteiger partial charge in [-0.3, -0.25) is 4.79 Å². The van der Waals surface area contributed by atoms with Crippen LogP contribution in [0.1, 0.15) is 43.6 Å². The summed E-state index contributed by atoms with van der Waals surface area (Å²) in [5.41, 5.74) is 1.01. The maximum Gasteiger partial charge on any atom is 0.235 e. The largest absolute Gasteiger partial charge is 0.497 e. The lowest BCUT2D eigenvalue weighted by Crippen LogP contribution is -2.34. The Balaban J connectivity index is 1.49. The van der Waals surface area contributed by atoms with Crippen molar-refractivity contribution in [1.82, 2.24) is 15.2 Å². The summed E-state index contributed by atoms with van der Waals surface area (Å²) in [6.45, 7) is 5.30. The molecule has 0 aliphatic carbocycles. The number of aryl methyl sites for hydroxylation is 1. The van der Waals surface area contributed by atoms with Crippen LogP contribution in [-0.4, -0.2) is 63.3 Å². The molecule has 2 heterocycles. The van der Waals surface area contributed by atoms with Crippen LogP contribution >= 0.6 is 0 Å². The topological polar surface area (TPSA) is 102 Å². The summed E-state index contributed by atoms with van der Waals surface area (Å²) >= 11 is 0. The lowest BCUT2D eigenvalue weighted by atomic mass is 10.2. The zero-order chi connectivity index (χ0) is 23.0. The van der Waals surface area contributed by atoms with E-state index in [1.807, 2.05) is 6.07 Å². The molecule has 0 radical (unpaired) electrons. The highest BCUT2D eigenvalue weighted by molar-refractivity contribution is 7.91. The molecule has 3 rings (SSSR count). The molecular weight excluding hydrogens is 430 g/mol. The molecule has 1 aromatic heterocycles. The average molecular weight is 464 g/mol. The normalized spacial score (nSPS) is 15.3. The van der Waals surface area contributed by atoms with Crippen molar-refractivity contribution in [3.05, 3.63) is 35.7 Å². The lowest BCUT2D eigenvalue weighted by molar-refractivity contribution is -0.118. The van der Waals surface area contributed by atoms with E-state index >= 15 is 0 Å². The minimum absolute atomic E-state index is 0.316. The Morgan fingerprint density at radius 3 is 2.69 bits per heavy atom. The van der Waals surface area contributed by atoms with Crippen molar-refractivity contribution in [1.29, 1.82) is 0 Å². The van der Waals surface area contributed by atoms with Crippen LogP contribution in [0.15, 0.2) is 28.7 Å². The molecule has 32 heavy (non-hydrogen) atoms. The van der Waals surface area contributed by atoms with Crippen LogP contribution in [0.2, 0.25) is 0 Å². The van der Waals surface area contributed by atoms with Crippen LogP contribution in [0.25, 0.3) is 11.5 Å². The summed E-state index contributed by atoms with van der Waals surface area (Å²) in [4.78, 5) is 18.9. The number of nitrogens with one attached hydrogen (secondary N) is 1. The fraction of sp³-hybridized carbons (Fsp3) is 0.565. The Bertz CT molecular complexity index is 995. The van der Waals surface area contributed by atoms with Crippen LogP contribution in [0.4, 0.5) is 0 Å². The first kappa shape index (κ1) is 24.3. The number of sulfone groups is 1. The molecule has 0 saturated carbocycles. The number of methoxy groups -OCH3 is 1. The van der Waals surface area contributed by atoms with Gasteiger partial charge in [0.25, 0.3) is 0 Å². The predicted molar refractivity (Wildman–Crippen MR) is 123 cm³/mol. The van der Waals surface area contributed by atoms with Crippen LogP contribution in [0.5, 0.6) is 5.75 Å². The number of aromatic nitrogens is 1. The van der Waals surface area contributed by atoms with Crippen molar-refractivity contribution in [3.8, 4) is 17.2 Å². The summed E-state index contributed by atoms with van der Waals surface area (Å²) < 4.78 is 36.0. The zero-order valence-electron chi connectivity index (χ0n) is 18.9. The van der Waals surface area contributed by atoms with Crippen molar-refractivity contribution in [2.75, 3.05) is 39.0 Å². The van der Waals surface area contributed by atoms with Gasteiger partial charge in [0.2, 0.25) is 11.8 Å². The third-order valence-corrected chi connectivity index (χ3v) is 7.00. The molecule has 1 N–H and O–H groups in total. The third-order valence-electron chi connectivity index (χ3n) is 5.59. The zero-order valence-corrected chi connectivity index (χ0v) is 19.7. The summed E-state index contributed by atoms with van der Waals surface area (Å²) in [6, 6.07) is 7.19. The third kappa shape index (κ3) is 7.34. The van der Waals surface area contributed by atoms with Crippen molar-refractivity contribution >= 4 is 15.7 Å². The number of rotatable bonds is 10. The van der Waals surface area contributed by atoms with Crippen molar-refractivity contribution in [2.45, 2.75) is 44.8 Å². The van der Waals surface area contributed by atoms with Crippen LogP contribution in [-0.2, 0) is 20.4 Å². The first-order chi connectivity index (χ1) is 15.4. The van der Waals surface area contributed by atoms with Gasteiger partial charge in [-0.15, -0.1) is 0 Å². The second-order valence-electron chi connectivity index (χ2n) is 8.25. The van der Waals surface area contributed by atoms with E-state index in [0.29, 0.717) is 35.2 Å². The minimum atomic E-state index is -3.67. The van der Waals surface area contributed by atoms with E-state index in [0.717, 1.165) is 26.1 Å². The quantitative estimate of drug-likeness (QED) is 0.541. The van der Waals surface area contributed by atoms with Crippen LogP contribution < -0.4 is 10.1 Å². The highest BCUT2D eigenvalue weighted by Gasteiger charge is 2.22. The lowest BCUT2D eigenvalue weighted by Gasteiger charge is -2.19. The first-order valence-electron chi connectivity index (χ1n) is 11.2. The Kier molecular flexibility index (Phi) is 8.69. The number of hydrogen-bond acceptors (Lipinski definition) is 7. The molecular formula is C23H33N3O5S. The fourth-order valence-corrected chi connectivity index (χ4v) is 5.13.